The second-order valence-electron chi connectivity index (χ2n) is 6.95. The second kappa shape index (κ2) is 9.35. The van der Waals surface area contributed by atoms with Crippen LogP contribution in [0.15, 0.2) is 42.7 Å². The topological polar surface area (TPSA) is 62.3 Å². The van der Waals surface area contributed by atoms with Crippen LogP contribution in [0.4, 0.5) is 15.9 Å². The molecule has 0 bridgehead atoms. The second-order valence-corrected chi connectivity index (χ2v) is 7.36. The molecule has 0 saturated carbocycles. The van der Waals surface area contributed by atoms with Gasteiger partial charge >= 0.3 is 0 Å². The summed E-state index contributed by atoms with van der Waals surface area (Å²) in [5.74, 6) is 0.929. The molecule has 2 N–H and O–H groups in total. The van der Waals surface area contributed by atoms with Gasteiger partial charge in [0.15, 0.2) is 0 Å². The summed E-state index contributed by atoms with van der Waals surface area (Å²) >= 11 is 5.88. The van der Waals surface area contributed by atoms with Crippen molar-refractivity contribution in [3.63, 3.8) is 0 Å². The lowest BCUT2D eigenvalue weighted by molar-refractivity contribution is 0.214. The lowest BCUT2D eigenvalue weighted by Crippen LogP contribution is -2.43. The van der Waals surface area contributed by atoms with E-state index in [1.807, 2.05) is 18.2 Å². The number of nitrogens with zero attached hydrogens (tertiary/aromatic N) is 3. The molecule has 1 fully saturated rings. The molecule has 1 saturated heterocycles. The van der Waals surface area contributed by atoms with Gasteiger partial charge in [0, 0.05) is 43.8 Å². The van der Waals surface area contributed by atoms with E-state index in [1.165, 1.54) is 18.5 Å². The maximum atomic E-state index is 13.4. The Kier molecular flexibility index (Phi) is 6.39. The molecule has 0 unspecified atom stereocenters. The first-order valence-electron chi connectivity index (χ1n) is 9.72. The van der Waals surface area contributed by atoms with E-state index >= 15 is 0 Å². The zero-order valence-electron chi connectivity index (χ0n) is 16.0. The molecule has 1 aliphatic heterocycles. The van der Waals surface area contributed by atoms with Crippen LogP contribution in [-0.2, 0) is 0 Å². The Bertz CT molecular complexity index is 980. The third-order valence-corrected chi connectivity index (χ3v) is 5.18. The van der Waals surface area contributed by atoms with E-state index < -0.39 is 5.82 Å². The summed E-state index contributed by atoms with van der Waals surface area (Å²) in [4.78, 5) is 11.1. The van der Waals surface area contributed by atoms with E-state index in [-0.39, 0.29) is 5.02 Å². The molecule has 6 nitrogen and oxygen atoms in total. The number of ether oxygens (including phenoxy) is 1. The number of benzene rings is 2. The van der Waals surface area contributed by atoms with Crippen molar-refractivity contribution in [3.8, 4) is 5.75 Å². The highest BCUT2D eigenvalue weighted by Crippen LogP contribution is 2.28. The van der Waals surface area contributed by atoms with Gasteiger partial charge in [0.25, 0.3) is 0 Å². The van der Waals surface area contributed by atoms with Gasteiger partial charge in [-0.1, -0.05) is 11.6 Å². The molecule has 2 heterocycles. The fourth-order valence-corrected chi connectivity index (χ4v) is 3.53. The van der Waals surface area contributed by atoms with Gasteiger partial charge in [0.1, 0.15) is 23.7 Å². The maximum Gasteiger partial charge on any atom is 0.141 e. The van der Waals surface area contributed by atoms with E-state index in [0.29, 0.717) is 18.1 Å². The Balaban J connectivity index is 1.43. The summed E-state index contributed by atoms with van der Waals surface area (Å²) in [6.07, 6.45) is 2.46. The van der Waals surface area contributed by atoms with Crippen molar-refractivity contribution in [1.82, 2.24) is 20.2 Å². The van der Waals surface area contributed by atoms with Gasteiger partial charge in [-0.05, 0) is 42.8 Å². The van der Waals surface area contributed by atoms with Crippen LogP contribution in [0.25, 0.3) is 10.9 Å². The molecule has 0 amide bonds. The molecule has 152 valence electrons. The Morgan fingerprint density at radius 2 is 2.00 bits per heavy atom. The van der Waals surface area contributed by atoms with Gasteiger partial charge in [0.05, 0.1) is 17.1 Å². The summed E-state index contributed by atoms with van der Waals surface area (Å²) in [5, 5.41) is 7.43. The third-order valence-electron chi connectivity index (χ3n) is 4.89. The first-order chi connectivity index (χ1) is 14.2. The summed E-state index contributed by atoms with van der Waals surface area (Å²) in [5.41, 5.74) is 1.45. The highest BCUT2D eigenvalue weighted by Gasteiger charge is 2.10. The minimum absolute atomic E-state index is 0.0573. The van der Waals surface area contributed by atoms with Crippen LogP contribution in [0.3, 0.4) is 0 Å². The van der Waals surface area contributed by atoms with Gasteiger partial charge in [-0.2, -0.15) is 0 Å². The Hall–Kier alpha value is -2.48. The highest BCUT2D eigenvalue weighted by atomic mass is 35.5. The van der Waals surface area contributed by atoms with E-state index in [0.717, 1.165) is 55.8 Å². The van der Waals surface area contributed by atoms with Crippen molar-refractivity contribution < 1.29 is 9.13 Å². The Morgan fingerprint density at radius 3 is 2.83 bits per heavy atom. The predicted octanol–water partition coefficient (Wildman–Crippen LogP) is 3.84. The molecule has 29 heavy (non-hydrogen) atoms. The zero-order valence-corrected chi connectivity index (χ0v) is 16.8. The molecular weight excluding hydrogens is 393 g/mol. The van der Waals surface area contributed by atoms with E-state index in [9.17, 15) is 4.39 Å². The number of halogens is 2. The number of hydrogen-bond acceptors (Lipinski definition) is 6. The first-order valence-corrected chi connectivity index (χ1v) is 10.1. The van der Waals surface area contributed by atoms with E-state index in [4.69, 9.17) is 16.3 Å². The number of hydrogen-bond donors (Lipinski definition) is 2. The molecule has 0 radical (unpaired) electrons. The lowest BCUT2D eigenvalue weighted by atomic mass is 10.2. The molecule has 1 aromatic heterocycles. The van der Waals surface area contributed by atoms with Crippen LogP contribution in [-0.4, -0.2) is 54.2 Å². The van der Waals surface area contributed by atoms with Crippen molar-refractivity contribution in [2.24, 2.45) is 0 Å². The van der Waals surface area contributed by atoms with Crippen molar-refractivity contribution in [1.29, 1.82) is 0 Å². The molecule has 4 rings (SSSR count). The number of piperazine rings is 1. The standard InChI is InChI=1S/C21H23ClFN5O/c22-18-12-15(2-4-19(18)23)27-21-17-13-16(3-5-20(17)25-14-26-21)29-11-1-8-28-9-6-24-7-10-28/h2-5,12-14,24H,1,6-11H2,(H,25,26,27). The number of rotatable bonds is 7. The van der Waals surface area contributed by atoms with Crippen molar-refractivity contribution in [3.05, 3.63) is 53.6 Å². The SMILES string of the molecule is Fc1ccc(Nc2ncnc3ccc(OCCCN4CCNCC4)cc23)cc1Cl. The van der Waals surface area contributed by atoms with Gasteiger partial charge in [-0.25, -0.2) is 14.4 Å². The quantitative estimate of drug-likeness (QED) is 0.572. The molecular formula is C21H23ClFN5O. The van der Waals surface area contributed by atoms with E-state index in [1.54, 1.807) is 6.07 Å². The fourth-order valence-electron chi connectivity index (χ4n) is 3.35. The number of fused-ring (bicyclic) bond motifs is 1. The zero-order chi connectivity index (χ0) is 20.1. The average molecular weight is 416 g/mol. The first kappa shape index (κ1) is 19.8. The number of anilines is 2. The smallest absolute Gasteiger partial charge is 0.141 e. The molecule has 0 atom stereocenters. The lowest BCUT2D eigenvalue weighted by Gasteiger charge is -2.26. The van der Waals surface area contributed by atoms with Crippen LogP contribution in [0.1, 0.15) is 6.42 Å². The average Bonchev–Trinajstić information content (AvgIpc) is 2.75. The molecule has 0 spiro atoms. The van der Waals surface area contributed by atoms with Crippen LogP contribution in [0.2, 0.25) is 5.02 Å². The largest absolute Gasteiger partial charge is 0.494 e. The highest BCUT2D eigenvalue weighted by molar-refractivity contribution is 6.31. The summed E-state index contributed by atoms with van der Waals surface area (Å²) in [7, 11) is 0. The normalized spacial score (nSPS) is 14.8. The van der Waals surface area contributed by atoms with Crippen molar-refractivity contribution in [2.45, 2.75) is 6.42 Å². The Morgan fingerprint density at radius 1 is 1.14 bits per heavy atom. The Labute approximate surface area is 174 Å². The molecule has 3 aromatic rings. The van der Waals surface area contributed by atoms with Gasteiger partial charge in [-0.3, -0.25) is 0 Å². The summed E-state index contributed by atoms with van der Waals surface area (Å²) < 4.78 is 19.4. The van der Waals surface area contributed by atoms with Crippen molar-refractivity contribution in [2.75, 3.05) is 44.6 Å². The van der Waals surface area contributed by atoms with Gasteiger partial charge in [0.2, 0.25) is 0 Å². The molecule has 8 heteroatoms. The third kappa shape index (κ3) is 5.12. The van der Waals surface area contributed by atoms with Crippen LogP contribution in [0.5, 0.6) is 5.75 Å². The number of aromatic nitrogens is 2. The van der Waals surface area contributed by atoms with E-state index in [2.05, 4.69) is 25.5 Å². The fraction of sp³-hybridized carbons (Fsp3) is 0.333. The monoisotopic (exact) mass is 415 g/mol. The predicted molar refractivity (Wildman–Crippen MR) is 114 cm³/mol. The van der Waals surface area contributed by atoms with Crippen LogP contribution in [0, 0.1) is 5.82 Å². The number of nitrogens with one attached hydrogen (secondary N) is 2. The minimum Gasteiger partial charge on any atom is -0.494 e. The summed E-state index contributed by atoms with van der Waals surface area (Å²) in [6, 6.07) is 10.2. The maximum absolute atomic E-state index is 13.4. The van der Waals surface area contributed by atoms with Crippen molar-refractivity contribution >= 4 is 34.0 Å². The molecule has 0 aliphatic carbocycles. The van der Waals surface area contributed by atoms with Gasteiger partial charge < -0.3 is 20.3 Å². The minimum atomic E-state index is -0.457. The molecule has 2 aromatic carbocycles. The van der Waals surface area contributed by atoms with Crippen LogP contribution >= 0.6 is 11.6 Å². The molecule has 1 aliphatic rings. The summed E-state index contributed by atoms with van der Waals surface area (Å²) in [6.45, 7) is 5.99. The van der Waals surface area contributed by atoms with Crippen LogP contribution < -0.4 is 15.4 Å². The van der Waals surface area contributed by atoms with Gasteiger partial charge in [-0.15, -0.1) is 0 Å².